The Morgan fingerprint density at radius 2 is 2.33 bits per heavy atom. The van der Waals surface area contributed by atoms with Gasteiger partial charge in [-0.15, -0.1) is 5.10 Å². The fourth-order valence-electron chi connectivity index (χ4n) is 1.47. The third-order valence-electron chi connectivity index (χ3n) is 2.47. The highest BCUT2D eigenvalue weighted by atomic mass is 35.5. The Morgan fingerprint density at radius 1 is 1.56 bits per heavy atom. The summed E-state index contributed by atoms with van der Waals surface area (Å²) in [5, 5.41) is 7.52. The first kappa shape index (κ1) is 13.2. The summed E-state index contributed by atoms with van der Waals surface area (Å²) in [6, 6.07) is 5.78. The molecule has 0 fully saturated rings. The second kappa shape index (κ2) is 5.60. The molecule has 0 aliphatic rings. The van der Waals surface area contributed by atoms with E-state index in [-0.39, 0.29) is 5.69 Å². The average Bonchev–Trinajstić information content (AvgIpc) is 2.65. The number of aromatic amines is 1. The third-order valence-corrected chi connectivity index (χ3v) is 4.02. The van der Waals surface area contributed by atoms with Crippen LogP contribution in [0.3, 0.4) is 0 Å². The van der Waals surface area contributed by atoms with E-state index in [0.717, 1.165) is 16.9 Å². The molecule has 0 saturated carbocycles. The molecule has 1 heterocycles. The predicted octanol–water partition coefficient (Wildman–Crippen LogP) is 1.41. The molecule has 0 unspecified atom stereocenters. The van der Waals surface area contributed by atoms with E-state index in [2.05, 4.69) is 10.2 Å². The van der Waals surface area contributed by atoms with Gasteiger partial charge in [-0.3, -0.25) is 4.57 Å². The summed E-state index contributed by atoms with van der Waals surface area (Å²) in [4.78, 5) is 12.1. The Labute approximate surface area is 113 Å². The van der Waals surface area contributed by atoms with Crippen LogP contribution in [-0.4, -0.2) is 21.3 Å². The summed E-state index contributed by atoms with van der Waals surface area (Å²) in [7, 11) is 1.66. The van der Waals surface area contributed by atoms with Crippen LogP contribution in [0.5, 0.6) is 0 Å². The smallest absolute Gasteiger partial charge is 0.330 e. The van der Waals surface area contributed by atoms with E-state index in [0.29, 0.717) is 16.7 Å². The lowest BCUT2D eigenvalue weighted by Gasteiger charge is -2.05. The molecule has 0 radical (unpaired) electrons. The summed E-state index contributed by atoms with van der Waals surface area (Å²) in [6.45, 7) is 0.594. The van der Waals surface area contributed by atoms with Crippen molar-refractivity contribution in [3.8, 4) is 0 Å². The maximum Gasteiger partial charge on any atom is 0.343 e. The molecule has 5 nitrogen and oxygen atoms in total. The van der Waals surface area contributed by atoms with Gasteiger partial charge in [0.25, 0.3) is 0 Å². The number of hydrogen-bond donors (Lipinski definition) is 2. The van der Waals surface area contributed by atoms with Crippen molar-refractivity contribution in [1.29, 1.82) is 0 Å². The van der Waals surface area contributed by atoms with E-state index in [1.165, 1.54) is 16.3 Å². The molecule has 18 heavy (non-hydrogen) atoms. The van der Waals surface area contributed by atoms with Crippen molar-refractivity contribution in [3.05, 3.63) is 39.3 Å². The van der Waals surface area contributed by atoms with E-state index >= 15 is 0 Å². The van der Waals surface area contributed by atoms with Gasteiger partial charge in [-0.2, -0.15) is 0 Å². The molecule has 1 aromatic heterocycles. The van der Waals surface area contributed by atoms with Gasteiger partial charge in [-0.1, -0.05) is 17.7 Å². The largest absolute Gasteiger partial charge is 0.343 e. The van der Waals surface area contributed by atoms with Gasteiger partial charge in [0, 0.05) is 11.9 Å². The minimum Gasteiger partial charge on any atom is -0.330 e. The lowest BCUT2D eigenvalue weighted by atomic mass is 10.1. The lowest BCUT2D eigenvalue weighted by molar-refractivity contribution is 0.766. The summed E-state index contributed by atoms with van der Waals surface area (Å²) in [5.74, 6) is 0. The van der Waals surface area contributed by atoms with Crippen LogP contribution >= 0.6 is 23.4 Å². The molecule has 0 spiro atoms. The zero-order chi connectivity index (χ0) is 13.1. The van der Waals surface area contributed by atoms with E-state index in [4.69, 9.17) is 17.3 Å². The maximum atomic E-state index is 11.2. The summed E-state index contributed by atoms with van der Waals surface area (Å²) >= 11 is 7.53. The van der Waals surface area contributed by atoms with Gasteiger partial charge in [0.05, 0.1) is 5.02 Å². The molecular formula is C11H13ClN4OS. The standard InChI is InChI=1S/C11H13ClN4OS/c1-16-10(17)14-15-11(16)18-9-3-2-7(4-5-13)6-8(9)12/h2-3,6H,4-5,13H2,1H3,(H,14,17). The highest BCUT2D eigenvalue weighted by Gasteiger charge is 2.09. The molecule has 0 aliphatic carbocycles. The van der Waals surface area contributed by atoms with Gasteiger partial charge in [-0.25, -0.2) is 9.89 Å². The number of nitrogens with one attached hydrogen (secondary N) is 1. The zero-order valence-electron chi connectivity index (χ0n) is 9.81. The summed E-state index contributed by atoms with van der Waals surface area (Å²) in [5.41, 5.74) is 6.35. The van der Waals surface area contributed by atoms with Crippen LogP contribution in [-0.2, 0) is 13.5 Å². The van der Waals surface area contributed by atoms with Crippen LogP contribution in [0.2, 0.25) is 5.02 Å². The highest BCUT2D eigenvalue weighted by molar-refractivity contribution is 7.99. The van der Waals surface area contributed by atoms with Crippen molar-refractivity contribution in [3.63, 3.8) is 0 Å². The second-order valence-electron chi connectivity index (χ2n) is 3.78. The van der Waals surface area contributed by atoms with E-state index in [9.17, 15) is 4.79 Å². The minimum atomic E-state index is -0.242. The van der Waals surface area contributed by atoms with Crippen molar-refractivity contribution < 1.29 is 0 Å². The number of nitrogens with zero attached hydrogens (tertiary/aromatic N) is 2. The second-order valence-corrected chi connectivity index (χ2v) is 5.19. The first-order valence-electron chi connectivity index (χ1n) is 5.39. The number of rotatable bonds is 4. The van der Waals surface area contributed by atoms with Crippen LogP contribution in [0.15, 0.2) is 33.0 Å². The first-order chi connectivity index (χ1) is 8.61. The summed E-state index contributed by atoms with van der Waals surface area (Å²) in [6.07, 6.45) is 0.797. The molecule has 0 saturated heterocycles. The van der Waals surface area contributed by atoms with Crippen molar-refractivity contribution >= 4 is 23.4 Å². The average molecular weight is 285 g/mol. The molecule has 0 aliphatic heterocycles. The molecule has 0 amide bonds. The van der Waals surface area contributed by atoms with E-state index < -0.39 is 0 Å². The number of benzene rings is 1. The summed E-state index contributed by atoms with van der Waals surface area (Å²) < 4.78 is 1.44. The fourth-order valence-corrected chi connectivity index (χ4v) is 2.59. The van der Waals surface area contributed by atoms with E-state index in [1.54, 1.807) is 7.05 Å². The van der Waals surface area contributed by atoms with Crippen LogP contribution in [0.4, 0.5) is 0 Å². The van der Waals surface area contributed by atoms with Gasteiger partial charge in [-0.05, 0) is 42.4 Å². The molecule has 2 aromatic rings. The normalized spacial score (nSPS) is 10.8. The van der Waals surface area contributed by atoms with Gasteiger partial charge in [0.15, 0.2) is 5.16 Å². The van der Waals surface area contributed by atoms with Crippen LogP contribution in [0.1, 0.15) is 5.56 Å². The van der Waals surface area contributed by atoms with Gasteiger partial charge < -0.3 is 5.73 Å². The maximum absolute atomic E-state index is 11.2. The SMILES string of the molecule is Cn1c(Sc2ccc(CCN)cc2Cl)n[nH]c1=O. The van der Waals surface area contributed by atoms with Crippen molar-refractivity contribution in [1.82, 2.24) is 14.8 Å². The first-order valence-corrected chi connectivity index (χ1v) is 6.59. The number of halogens is 1. The van der Waals surface area contributed by atoms with Gasteiger partial charge >= 0.3 is 5.69 Å². The molecular weight excluding hydrogens is 272 g/mol. The number of nitrogens with two attached hydrogens (primary N) is 1. The fraction of sp³-hybridized carbons (Fsp3) is 0.273. The van der Waals surface area contributed by atoms with Crippen LogP contribution in [0, 0.1) is 0 Å². The Bertz CT molecular complexity index is 607. The molecule has 0 atom stereocenters. The molecule has 3 N–H and O–H groups in total. The van der Waals surface area contributed by atoms with Crippen LogP contribution < -0.4 is 11.4 Å². The Kier molecular flexibility index (Phi) is 4.11. The van der Waals surface area contributed by atoms with Gasteiger partial charge in [0.1, 0.15) is 0 Å². The third kappa shape index (κ3) is 2.77. The molecule has 1 aromatic carbocycles. The molecule has 0 bridgehead atoms. The highest BCUT2D eigenvalue weighted by Crippen LogP contribution is 2.32. The Hall–Kier alpha value is -1.24. The molecule has 2 rings (SSSR count). The zero-order valence-corrected chi connectivity index (χ0v) is 11.4. The lowest BCUT2D eigenvalue weighted by Crippen LogP contribution is -2.12. The van der Waals surface area contributed by atoms with Crippen LogP contribution in [0.25, 0.3) is 0 Å². The molecule has 7 heteroatoms. The van der Waals surface area contributed by atoms with Crippen molar-refractivity contribution in [2.45, 2.75) is 16.5 Å². The van der Waals surface area contributed by atoms with Crippen molar-refractivity contribution in [2.75, 3.05) is 6.54 Å². The predicted molar refractivity (Wildman–Crippen MR) is 72.2 cm³/mol. The Balaban J connectivity index is 2.24. The Morgan fingerprint density at radius 3 is 2.89 bits per heavy atom. The quantitative estimate of drug-likeness (QED) is 0.890. The van der Waals surface area contributed by atoms with Crippen molar-refractivity contribution in [2.24, 2.45) is 12.8 Å². The number of hydrogen-bond acceptors (Lipinski definition) is 4. The monoisotopic (exact) mass is 284 g/mol. The number of H-pyrrole nitrogens is 1. The van der Waals surface area contributed by atoms with E-state index in [1.807, 2.05) is 18.2 Å². The number of aromatic nitrogens is 3. The minimum absolute atomic E-state index is 0.242. The topological polar surface area (TPSA) is 76.7 Å². The molecule has 96 valence electrons. The van der Waals surface area contributed by atoms with Gasteiger partial charge in [0.2, 0.25) is 0 Å².